The fourth-order valence-electron chi connectivity index (χ4n) is 5.50. The Morgan fingerprint density at radius 1 is 0.833 bits per heavy atom. The van der Waals surface area contributed by atoms with Crippen LogP contribution in [-0.4, -0.2) is 48.7 Å². The van der Waals surface area contributed by atoms with Crippen molar-refractivity contribution in [3.8, 4) is 0 Å². The molecule has 5 rings (SSSR count). The Morgan fingerprint density at radius 2 is 1.33 bits per heavy atom. The van der Waals surface area contributed by atoms with Gasteiger partial charge in [-0.05, 0) is 63.3 Å². The summed E-state index contributed by atoms with van der Waals surface area (Å²) in [4.78, 5) is 2.44. The fourth-order valence-corrected chi connectivity index (χ4v) is 5.50. The second kappa shape index (κ2) is 4.19. The summed E-state index contributed by atoms with van der Waals surface area (Å²) in [7, 11) is 2.24. The molecule has 3 heteroatoms. The average molecular weight is 249 g/mol. The van der Waals surface area contributed by atoms with Crippen molar-refractivity contribution in [2.45, 2.75) is 44.1 Å². The molecule has 3 nitrogen and oxygen atoms in total. The minimum atomic E-state index is 0.505. The Morgan fingerprint density at radius 3 is 1.83 bits per heavy atom. The maximum atomic E-state index is 3.99. The summed E-state index contributed by atoms with van der Waals surface area (Å²) in [6.45, 7) is 4.86. The smallest absolute Gasteiger partial charge is 0.0334 e. The number of nitrogens with one attached hydrogen (secondary N) is 1. The van der Waals surface area contributed by atoms with E-state index in [1.165, 1.54) is 45.4 Å². The summed E-state index contributed by atoms with van der Waals surface area (Å²) in [6.07, 6.45) is 9.03. The van der Waals surface area contributed by atoms with E-state index >= 15 is 0 Å². The van der Waals surface area contributed by atoms with Gasteiger partial charge in [0.05, 0.1) is 0 Å². The maximum Gasteiger partial charge on any atom is 0.0334 e. The molecule has 1 aliphatic heterocycles. The van der Waals surface area contributed by atoms with Gasteiger partial charge in [0.25, 0.3) is 0 Å². The van der Waals surface area contributed by atoms with Crippen LogP contribution in [0.25, 0.3) is 0 Å². The first-order valence-corrected chi connectivity index (χ1v) is 7.92. The Bertz CT molecular complexity index is 284. The minimum Gasteiger partial charge on any atom is -0.304 e. The molecule has 1 saturated heterocycles. The third kappa shape index (κ3) is 2.00. The SMILES string of the molecule is CN1CCN(NC23CC4CC(CC(C4)C2)C3)CC1. The van der Waals surface area contributed by atoms with E-state index in [0.717, 1.165) is 17.8 Å². The van der Waals surface area contributed by atoms with Gasteiger partial charge in [0.1, 0.15) is 0 Å². The van der Waals surface area contributed by atoms with Crippen molar-refractivity contribution in [2.24, 2.45) is 17.8 Å². The molecule has 0 atom stereocenters. The van der Waals surface area contributed by atoms with Crippen molar-refractivity contribution in [1.82, 2.24) is 15.3 Å². The van der Waals surface area contributed by atoms with Crippen LogP contribution >= 0.6 is 0 Å². The minimum absolute atomic E-state index is 0.505. The molecule has 0 aromatic carbocycles. The number of piperazine rings is 1. The Balaban J connectivity index is 1.44. The summed E-state index contributed by atoms with van der Waals surface area (Å²) < 4.78 is 0. The van der Waals surface area contributed by atoms with E-state index in [1.54, 1.807) is 19.3 Å². The van der Waals surface area contributed by atoms with Gasteiger partial charge < -0.3 is 4.90 Å². The van der Waals surface area contributed by atoms with Crippen molar-refractivity contribution in [1.29, 1.82) is 0 Å². The molecular weight excluding hydrogens is 222 g/mol. The van der Waals surface area contributed by atoms with Gasteiger partial charge in [-0.1, -0.05) is 0 Å². The Hall–Kier alpha value is -0.120. The number of nitrogens with zero attached hydrogens (tertiary/aromatic N) is 2. The third-order valence-electron chi connectivity index (χ3n) is 5.94. The van der Waals surface area contributed by atoms with Gasteiger partial charge in [-0.3, -0.25) is 0 Å². The van der Waals surface area contributed by atoms with Gasteiger partial charge in [0.15, 0.2) is 0 Å². The van der Waals surface area contributed by atoms with Crippen molar-refractivity contribution < 1.29 is 0 Å². The molecule has 0 aromatic rings. The molecule has 0 radical (unpaired) electrons. The number of hydrogen-bond donors (Lipinski definition) is 1. The molecule has 0 unspecified atom stereocenters. The first-order valence-electron chi connectivity index (χ1n) is 7.92. The lowest BCUT2D eigenvalue weighted by atomic mass is 9.53. The van der Waals surface area contributed by atoms with Crippen molar-refractivity contribution in [3.63, 3.8) is 0 Å². The topological polar surface area (TPSA) is 18.5 Å². The van der Waals surface area contributed by atoms with E-state index in [9.17, 15) is 0 Å². The third-order valence-corrected chi connectivity index (χ3v) is 5.94. The lowest BCUT2D eigenvalue weighted by Crippen LogP contribution is -2.65. The average Bonchev–Trinajstić information content (AvgIpc) is 2.30. The lowest BCUT2D eigenvalue weighted by molar-refractivity contribution is -0.0663. The second-order valence-electron chi connectivity index (χ2n) is 7.60. The van der Waals surface area contributed by atoms with Gasteiger partial charge >= 0.3 is 0 Å². The largest absolute Gasteiger partial charge is 0.304 e. The fraction of sp³-hybridized carbons (Fsp3) is 1.00. The van der Waals surface area contributed by atoms with Crippen LogP contribution in [0.2, 0.25) is 0 Å². The van der Waals surface area contributed by atoms with Crippen LogP contribution < -0.4 is 5.43 Å². The molecule has 4 aliphatic carbocycles. The highest BCUT2D eigenvalue weighted by atomic mass is 15.5. The van der Waals surface area contributed by atoms with E-state index in [-0.39, 0.29) is 0 Å². The second-order valence-corrected chi connectivity index (χ2v) is 7.60. The van der Waals surface area contributed by atoms with Crippen molar-refractivity contribution in [2.75, 3.05) is 33.2 Å². The van der Waals surface area contributed by atoms with Crippen molar-refractivity contribution in [3.05, 3.63) is 0 Å². The molecule has 0 amide bonds. The molecule has 102 valence electrons. The molecule has 5 fully saturated rings. The lowest BCUT2D eigenvalue weighted by Gasteiger charge is -2.58. The van der Waals surface area contributed by atoms with Crippen LogP contribution in [-0.2, 0) is 0 Å². The monoisotopic (exact) mass is 249 g/mol. The molecule has 0 aromatic heterocycles. The van der Waals surface area contributed by atoms with Gasteiger partial charge in [-0.15, -0.1) is 0 Å². The van der Waals surface area contributed by atoms with E-state index in [0.29, 0.717) is 5.54 Å². The molecule has 0 spiro atoms. The maximum absolute atomic E-state index is 3.99. The molecule has 5 aliphatic rings. The normalized spacial score (nSPS) is 48.8. The van der Waals surface area contributed by atoms with E-state index in [1.807, 2.05) is 0 Å². The highest BCUT2D eigenvalue weighted by molar-refractivity contribution is 5.06. The molecular formula is C15H27N3. The Labute approximate surface area is 111 Å². The molecule has 4 saturated carbocycles. The summed E-state index contributed by atoms with van der Waals surface area (Å²) in [5, 5.41) is 2.53. The van der Waals surface area contributed by atoms with Crippen LogP contribution in [0.4, 0.5) is 0 Å². The first kappa shape index (κ1) is 11.7. The predicted molar refractivity (Wildman–Crippen MR) is 73.1 cm³/mol. The summed E-state index contributed by atoms with van der Waals surface area (Å²) in [5.41, 5.74) is 4.50. The zero-order valence-corrected chi connectivity index (χ0v) is 11.7. The highest BCUT2D eigenvalue weighted by Crippen LogP contribution is 2.55. The quantitative estimate of drug-likeness (QED) is 0.804. The van der Waals surface area contributed by atoms with E-state index in [4.69, 9.17) is 0 Å². The van der Waals surface area contributed by atoms with Crippen LogP contribution in [0.3, 0.4) is 0 Å². The van der Waals surface area contributed by atoms with Gasteiger partial charge in [-0.25, -0.2) is 10.4 Å². The number of hydrogen-bond acceptors (Lipinski definition) is 3. The summed E-state index contributed by atoms with van der Waals surface area (Å²) in [5.74, 6) is 3.16. The molecule has 4 bridgehead atoms. The van der Waals surface area contributed by atoms with Crippen LogP contribution in [0.5, 0.6) is 0 Å². The van der Waals surface area contributed by atoms with E-state index < -0.39 is 0 Å². The summed E-state index contributed by atoms with van der Waals surface area (Å²) >= 11 is 0. The molecule has 1 heterocycles. The van der Waals surface area contributed by atoms with Crippen LogP contribution in [0.1, 0.15) is 38.5 Å². The number of likely N-dealkylation sites (N-methyl/N-ethyl adjacent to an activating group) is 1. The predicted octanol–water partition coefficient (Wildman–Crippen LogP) is 1.71. The standard InChI is InChI=1S/C15H27N3/c1-17-2-4-18(5-3-17)16-15-9-12-6-13(10-15)8-14(7-12)11-15/h12-14,16H,2-11H2,1H3. The molecule has 18 heavy (non-hydrogen) atoms. The van der Waals surface area contributed by atoms with Gasteiger partial charge in [-0.2, -0.15) is 0 Å². The zero-order valence-electron chi connectivity index (χ0n) is 11.7. The summed E-state index contributed by atoms with van der Waals surface area (Å²) in [6, 6.07) is 0. The first-order chi connectivity index (χ1) is 8.71. The van der Waals surface area contributed by atoms with Crippen LogP contribution in [0.15, 0.2) is 0 Å². The van der Waals surface area contributed by atoms with Gasteiger partial charge in [0, 0.05) is 31.7 Å². The highest BCUT2D eigenvalue weighted by Gasteiger charge is 2.51. The van der Waals surface area contributed by atoms with Gasteiger partial charge in [0.2, 0.25) is 0 Å². The zero-order chi connectivity index (χ0) is 12.2. The van der Waals surface area contributed by atoms with E-state index in [2.05, 4.69) is 22.4 Å². The van der Waals surface area contributed by atoms with Crippen molar-refractivity contribution >= 4 is 0 Å². The number of hydrazine groups is 1. The van der Waals surface area contributed by atoms with Crippen LogP contribution in [0, 0.1) is 17.8 Å². The number of rotatable bonds is 2. The molecule has 1 N–H and O–H groups in total. The Kier molecular flexibility index (Phi) is 2.72.